The maximum atomic E-state index is 6.02. The summed E-state index contributed by atoms with van der Waals surface area (Å²) in [6.45, 7) is 0. The lowest BCUT2D eigenvalue weighted by molar-refractivity contribution is 1.36. The van der Waals surface area contributed by atoms with E-state index < -0.39 is 0 Å². The van der Waals surface area contributed by atoms with Gasteiger partial charge in [-0.05, 0) is 23.6 Å². The normalized spacial score (nSPS) is 10.3. The van der Waals surface area contributed by atoms with Crippen molar-refractivity contribution < 1.29 is 0 Å². The molecule has 0 spiro atoms. The molecule has 66 valence electrons. The monoisotopic (exact) mass is 192 g/mol. The van der Waals surface area contributed by atoms with E-state index in [4.69, 9.17) is 17.4 Å². The Morgan fingerprint density at radius 3 is 2.77 bits per heavy atom. The molecule has 3 N–H and O–H groups in total. The summed E-state index contributed by atoms with van der Waals surface area (Å²) in [5.41, 5.74) is 3.45. The zero-order valence-corrected chi connectivity index (χ0v) is 7.68. The number of fused-ring (bicyclic) bond motifs is 1. The molecule has 0 unspecified atom stereocenters. The molecule has 2 nitrogen and oxygen atoms in total. The van der Waals surface area contributed by atoms with Crippen LogP contribution in [0.1, 0.15) is 0 Å². The third-order valence-corrected chi connectivity index (χ3v) is 2.33. The molecule has 0 radical (unpaired) electrons. The highest BCUT2D eigenvalue weighted by Crippen LogP contribution is 2.25. The van der Waals surface area contributed by atoms with Gasteiger partial charge in [0, 0.05) is 16.1 Å². The van der Waals surface area contributed by atoms with Crippen LogP contribution in [-0.2, 0) is 0 Å². The van der Waals surface area contributed by atoms with Crippen molar-refractivity contribution in [1.29, 1.82) is 0 Å². The average molecular weight is 193 g/mol. The molecule has 2 rings (SSSR count). The molecule has 0 bridgehead atoms. The summed E-state index contributed by atoms with van der Waals surface area (Å²) in [6, 6.07) is 11.6. The number of hydrazine groups is 1. The number of nitrogen functional groups attached to an aromatic ring is 1. The first-order valence-corrected chi connectivity index (χ1v) is 4.34. The zero-order chi connectivity index (χ0) is 9.26. The lowest BCUT2D eigenvalue weighted by Gasteiger charge is -2.03. The van der Waals surface area contributed by atoms with E-state index in [-0.39, 0.29) is 0 Å². The van der Waals surface area contributed by atoms with Crippen LogP contribution in [0, 0.1) is 0 Å². The van der Waals surface area contributed by atoms with Crippen LogP contribution < -0.4 is 11.3 Å². The SMILES string of the molecule is NNc1ccc2cccc(Cl)c2c1. The van der Waals surface area contributed by atoms with Crippen LogP contribution in [0.4, 0.5) is 5.69 Å². The minimum atomic E-state index is 0.745. The lowest BCUT2D eigenvalue weighted by Crippen LogP contribution is -2.06. The number of benzene rings is 2. The third-order valence-electron chi connectivity index (χ3n) is 2.00. The van der Waals surface area contributed by atoms with Gasteiger partial charge in [0.05, 0.1) is 0 Å². The molecule has 0 aliphatic rings. The summed E-state index contributed by atoms with van der Waals surface area (Å²) >= 11 is 6.02. The molecular formula is C10H9ClN2. The Morgan fingerprint density at radius 2 is 2.00 bits per heavy atom. The average Bonchev–Trinajstić information content (AvgIpc) is 2.18. The van der Waals surface area contributed by atoms with Crippen LogP contribution >= 0.6 is 11.6 Å². The third kappa shape index (κ3) is 1.46. The number of halogens is 1. The first-order valence-electron chi connectivity index (χ1n) is 3.96. The van der Waals surface area contributed by atoms with Gasteiger partial charge in [-0.1, -0.05) is 29.8 Å². The fraction of sp³-hybridized carbons (Fsp3) is 0. The van der Waals surface area contributed by atoms with Crippen LogP contribution in [0.25, 0.3) is 10.8 Å². The van der Waals surface area contributed by atoms with Crippen molar-refractivity contribution in [1.82, 2.24) is 0 Å². The van der Waals surface area contributed by atoms with E-state index in [1.54, 1.807) is 0 Å². The summed E-state index contributed by atoms with van der Waals surface area (Å²) in [6.07, 6.45) is 0. The van der Waals surface area contributed by atoms with E-state index in [2.05, 4.69) is 5.43 Å². The molecule has 0 aromatic heterocycles. The van der Waals surface area contributed by atoms with Crippen molar-refractivity contribution in [2.45, 2.75) is 0 Å². The second kappa shape index (κ2) is 3.24. The fourth-order valence-corrected chi connectivity index (χ4v) is 1.56. The topological polar surface area (TPSA) is 38.0 Å². The Bertz CT molecular complexity index is 440. The first kappa shape index (κ1) is 8.35. The molecular weight excluding hydrogens is 184 g/mol. The van der Waals surface area contributed by atoms with Gasteiger partial charge in [-0.25, -0.2) is 0 Å². The van der Waals surface area contributed by atoms with Crippen molar-refractivity contribution >= 4 is 28.1 Å². The summed E-state index contributed by atoms with van der Waals surface area (Å²) in [5.74, 6) is 5.30. The minimum absolute atomic E-state index is 0.745. The van der Waals surface area contributed by atoms with Gasteiger partial charge in [-0.15, -0.1) is 0 Å². The molecule has 2 aromatic rings. The predicted octanol–water partition coefficient (Wildman–Crippen LogP) is 2.78. The Morgan fingerprint density at radius 1 is 1.15 bits per heavy atom. The van der Waals surface area contributed by atoms with Gasteiger partial charge in [0.2, 0.25) is 0 Å². The van der Waals surface area contributed by atoms with Crippen molar-refractivity contribution in [2.24, 2.45) is 5.84 Å². The van der Waals surface area contributed by atoms with E-state index in [0.29, 0.717) is 0 Å². The summed E-state index contributed by atoms with van der Waals surface area (Å²) in [7, 11) is 0. The number of rotatable bonds is 1. The number of anilines is 1. The van der Waals surface area contributed by atoms with Gasteiger partial charge in [0.25, 0.3) is 0 Å². The molecule has 0 heterocycles. The highest BCUT2D eigenvalue weighted by Gasteiger charge is 1.98. The standard InChI is InChI=1S/C10H9ClN2/c11-10-3-1-2-7-4-5-8(13-12)6-9(7)10/h1-6,13H,12H2. The van der Waals surface area contributed by atoms with Gasteiger partial charge < -0.3 is 5.43 Å². The van der Waals surface area contributed by atoms with E-state index in [0.717, 1.165) is 21.5 Å². The Labute approximate surface area is 81.3 Å². The molecule has 0 saturated carbocycles. The summed E-state index contributed by atoms with van der Waals surface area (Å²) in [4.78, 5) is 0. The van der Waals surface area contributed by atoms with Gasteiger partial charge >= 0.3 is 0 Å². The van der Waals surface area contributed by atoms with Crippen LogP contribution in [0.2, 0.25) is 5.02 Å². The molecule has 0 atom stereocenters. The van der Waals surface area contributed by atoms with E-state index in [9.17, 15) is 0 Å². The maximum Gasteiger partial charge on any atom is 0.0491 e. The van der Waals surface area contributed by atoms with E-state index in [1.807, 2.05) is 36.4 Å². The molecule has 0 saturated heterocycles. The smallest absolute Gasteiger partial charge is 0.0491 e. The number of hydrogen-bond donors (Lipinski definition) is 2. The Hall–Kier alpha value is -1.25. The second-order valence-electron chi connectivity index (χ2n) is 2.82. The van der Waals surface area contributed by atoms with E-state index >= 15 is 0 Å². The first-order chi connectivity index (χ1) is 6.31. The van der Waals surface area contributed by atoms with Crippen molar-refractivity contribution in [3.63, 3.8) is 0 Å². The van der Waals surface area contributed by atoms with Crippen LogP contribution in [-0.4, -0.2) is 0 Å². The summed E-state index contributed by atoms with van der Waals surface area (Å²) in [5, 5.41) is 2.88. The van der Waals surface area contributed by atoms with Gasteiger partial charge in [-0.3, -0.25) is 5.84 Å². The van der Waals surface area contributed by atoms with Crippen molar-refractivity contribution in [2.75, 3.05) is 5.43 Å². The maximum absolute atomic E-state index is 6.02. The predicted molar refractivity (Wildman–Crippen MR) is 56.8 cm³/mol. The molecule has 2 aromatic carbocycles. The largest absolute Gasteiger partial charge is 0.324 e. The summed E-state index contributed by atoms with van der Waals surface area (Å²) < 4.78 is 0. The van der Waals surface area contributed by atoms with Crippen LogP contribution in [0.15, 0.2) is 36.4 Å². The molecule has 0 aliphatic carbocycles. The lowest BCUT2D eigenvalue weighted by atomic mass is 10.1. The van der Waals surface area contributed by atoms with Gasteiger partial charge in [0.1, 0.15) is 0 Å². The minimum Gasteiger partial charge on any atom is -0.324 e. The number of nitrogens with two attached hydrogens (primary N) is 1. The van der Waals surface area contributed by atoms with Crippen LogP contribution in [0.3, 0.4) is 0 Å². The Balaban J connectivity index is 2.74. The molecule has 0 amide bonds. The highest BCUT2D eigenvalue weighted by molar-refractivity contribution is 6.35. The van der Waals surface area contributed by atoms with Crippen molar-refractivity contribution in [3.05, 3.63) is 41.4 Å². The molecule has 0 fully saturated rings. The van der Waals surface area contributed by atoms with E-state index in [1.165, 1.54) is 0 Å². The van der Waals surface area contributed by atoms with Gasteiger partial charge in [0.15, 0.2) is 0 Å². The molecule has 13 heavy (non-hydrogen) atoms. The zero-order valence-electron chi connectivity index (χ0n) is 6.92. The highest BCUT2D eigenvalue weighted by atomic mass is 35.5. The molecule has 0 aliphatic heterocycles. The van der Waals surface area contributed by atoms with Crippen molar-refractivity contribution in [3.8, 4) is 0 Å². The van der Waals surface area contributed by atoms with Crippen LogP contribution in [0.5, 0.6) is 0 Å². The Kier molecular flexibility index (Phi) is 2.08. The number of hydrogen-bond acceptors (Lipinski definition) is 2. The number of nitrogens with one attached hydrogen (secondary N) is 1. The fourth-order valence-electron chi connectivity index (χ4n) is 1.32. The second-order valence-corrected chi connectivity index (χ2v) is 3.23. The molecule has 3 heteroatoms. The quantitative estimate of drug-likeness (QED) is 0.539. The van der Waals surface area contributed by atoms with Gasteiger partial charge in [-0.2, -0.15) is 0 Å².